The molecule has 3 nitrogen and oxygen atoms in total. The predicted molar refractivity (Wildman–Crippen MR) is 134 cm³/mol. The summed E-state index contributed by atoms with van der Waals surface area (Å²) in [6.07, 6.45) is 11.9. The van der Waals surface area contributed by atoms with Crippen LogP contribution < -0.4 is 5.32 Å². The zero-order valence-corrected chi connectivity index (χ0v) is 19.8. The van der Waals surface area contributed by atoms with Gasteiger partial charge in [-0.15, -0.1) is 0 Å². The third-order valence-corrected chi connectivity index (χ3v) is 8.81. The van der Waals surface area contributed by atoms with Gasteiger partial charge in [0.05, 0.1) is 0 Å². The number of rotatable bonds is 7. The monoisotopic (exact) mass is 440 g/mol. The summed E-state index contributed by atoms with van der Waals surface area (Å²) in [4.78, 5) is 13.4. The third-order valence-electron chi connectivity index (χ3n) is 8.81. The number of nitrogens with zero attached hydrogens (tertiary/aromatic N) is 1. The molecule has 1 N–H and O–H groups in total. The first-order chi connectivity index (χ1) is 16.1. The lowest BCUT2D eigenvalue weighted by Crippen LogP contribution is -2.54. The fraction of sp³-hybridized carbons (Fsp3) is 0.500. The van der Waals surface area contributed by atoms with Crippen molar-refractivity contribution in [3.8, 4) is 0 Å². The van der Waals surface area contributed by atoms with Gasteiger partial charge >= 0.3 is 0 Å². The second kappa shape index (κ2) is 8.34. The molecule has 3 aromatic rings. The van der Waals surface area contributed by atoms with Crippen molar-refractivity contribution in [3.63, 3.8) is 0 Å². The largest absolute Gasteiger partial charge is 0.353 e. The van der Waals surface area contributed by atoms with E-state index in [0.29, 0.717) is 5.91 Å². The molecule has 0 aliphatic heterocycles. The average Bonchev–Trinajstić information content (AvgIpc) is 3.15. The van der Waals surface area contributed by atoms with Gasteiger partial charge in [-0.05, 0) is 93.2 Å². The van der Waals surface area contributed by atoms with Gasteiger partial charge in [-0.3, -0.25) is 4.79 Å². The summed E-state index contributed by atoms with van der Waals surface area (Å²) >= 11 is 0. The van der Waals surface area contributed by atoms with E-state index in [2.05, 4.69) is 77.6 Å². The quantitative estimate of drug-likeness (QED) is 0.457. The lowest BCUT2D eigenvalue weighted by molar-refractivity contribution is -0.146. The number of carbonyl (C=O) groups is 1. The second-order valence-electron chi connectivity index (χ2n) is 11.4. The van der Waals surface area contributed by atoms with Gasteiger partial charge < -0.3 is 9.88 Å². The van der Waals surface area contributed by atoms with Gasteiger partial charge in [-0.2, -0.15) is 0 Å². The summed E-state index contributed by atoms with van der Waals surface area (Å²) in [5.74, 6) is 2.80. The Labute approximate surface area is 197 Å². The number of aryl methyl sites for hydroxylation is 1. The van der Waals surface area contributed by atoms with Crippen LogP contribution in [0.4, 0.5) is 0 Å². The molecule has 1 heterocycles. The number of aromatic nitrogens is 1. The topological polar surface area (TPSA) is 34.0 Å². The highest BCUT2D eigenvalue weighted by atomic mass is 16.2. The van der Waals surface area contributed by atoms with E-state index in [9.17, 15) is 4.79 Å². The SMILES string of the molecule is C[C@H](CCc1cn(Cc2ccccc2)c2ccccc12)NC(=O)C12CC3CC(CC(C3)C1)C2. The minimum Gasteiger partial charge on any atom is -0.353 e. The van der Waals surface area contributed by atoms with E-state index in [1.807, 2.05) is 0 Å². The number of nitrogens with one attached hydrogen (secondary N) is 1. The van der Waals surface area contributed by atoms with Crippen molar-refractivity contribution in [3.05, 3.63) is 71.9 Å². The maximum atomic E-state index is 13.4. The minimum absolute atomic E-state index is 0.0469. The molecule has 1 aromatic heterocycles. The van der Waals surface area contributed by atoms with Gasteiger partial charge in [0.1, 0.15) is 0 Å². The van der Waals surface area contributed by atoms with Gasteiger partial charge in [-0.25, -0.2) is 0 Å². The van der Waals surface area contributed by atoms with Gasteiger partial charge in [0, 0.05) is 35.1 Å². The molecule has 33 heavy (non-hydrogen) atoms. The first-order valence-electron chi connectivity index (χ1n) is 13.0. The van der Waals surface area contributed by atoms with E-state index in [1.165, 1.54) is 41.3 Å². The molecule has 1 atom stereocenters. The number of amides is 1. The van der Waals surface area contributed by atoms with Crippen molar-refractivity contribution in [1.29, 1.82) is 0 Å². The van der Waals surface area contributed by atoms with Crippen molar-refractivity contribution >= 4 is 16.8 Å². The number of fused-ring (bicyclic) bond motifs is 1. The maximum absolute atomic E-state index is 13.4. The van der Waals surface area contributed by atoms with E-state index >= 15 is 0 Å². The van der Waals surface area contributed by atoms with Gasteiger partial charge in [0.25, 0.3) is 0 Å². The lowest BCUT2D eigenvalue weighted by atomic mass is 9.49. The lowest BCUT2D eigenvalue weighted by Gasteiger charge is -2.55. The van der Waals surface area contributed by atoms with Crippen molar-refractivity contribution in [1.82, 2.24) is 9.88 Å². The third kappa shape index (κ3) is 4.00. The molecule has 172 valence electrons. The fourth-order valence-electron chi connectivity index (χ4n) is 7.64. The van der Waals surface area contributed by atoms with Crippen LogP contribution in [0.5, 0.6) is 0 Å². The minimum atomic E-state index is -0.0469. The predicted octanol–water partition coefficient (Wildman–Crippen LogP) is 6.34. The number of hydrogen-bond donors (Lipinski definition) is 1. The van der Waals surface area contributed by atoms with E-state index in [4.69, 9.17) is 0 Å². The molecule has 4 aliphatic carbocycles. The number of hydrogen-bond acceptors (Lipinski definition) is 1. The molecule has 0 unspecified atom stereocenters. The molecule has 0 saturated heterocycles. The molecule has 3 heteroatoms. The smallest absolute Gasteiger partial charge is 0.226 e. The molecule has 1 amide bonds. The summed E-state index contributed by atoms with van der Waals surface area (Å²) in [5, 5.41) is 4.80. The Balaban J connectivity index is 1.13. The summed E-state index contributed by atoms with van der Waals surface area (Å²) < 4.78 is 2.37. The van der Waals surface area contributed by atoms with Crippen LogP contribution in [0.2, 0.25) is 0 Å². The average molecular weight is 441 g/mol. The highest BCUT2D eigenvalue weighted by molar-refractivity contribution is 5.84. The molecule has 7 rings (SSSR count). The molecule has 0 spiro atoms. The molecule has 0 radical (unpaired) electrons. The van der Waals surface area contributed by atoms with Crippen LogP contribution >= 0.6 is 0 Å². The Morgan fingerprint density at radius 1 is 0.970 bits per heavy atom. The van der Waals surface area contributed by atoms with E-state index in [-0.39, 0.29) is 11.5 Å². The number of benzene rings is 2. The van der Waals surface area contributed by atoms with Crippen molar-refractivity contribution in [2.75, 3.05) is 0 Å². The van der Waals surface area contributed by atoms with Gasteiger partial charge in [0.15, 0.2) is 0 Å². The Morgan fingerprint density at radius 2 is 1.61 bits per heavy atom. The van der Waals surface area contributed by atoms with Crippen LogP contribution in [0.1, 0.15) is 63.0 Å². The zero-order valence-electron chi connectivity index (χ0n) is 19.8. The van der Waals surface area contributed by atoms with Crippen LogP contribution in [0.15, 0.2) is 60.8 Å². The van der Waals surface area contributed by atoms with Crippen molar-refractivity contribution in [2.45, 2.75) is 70.9 Å². The highest BCUT2D eigenvalue weighted by Crippen LogP contribution is 2.60. The van der Waals surface area contributed by atoms with Gasteiger partial charge in [0.2, 0.25) is 5.91 Å². The standard InChI is InChI=1S/C30H36N2O/c1-21(31-29(33)30-16-23-13-24(17-30)15-25(14-23)18-30)11-12-26-20-32(19-22-7-3-2-4-8-22)28-10-6-5-9-27(26)28/h2-10,20-21,23-25H,11-19H2,1H3,(H,31,33)/t21-,23?,24?,25?,30?/m1/s1. The Bertz CT molecular complexity index is 1110. The Hall–Kier alpha value is -2.55. The van der Waals surface area contributed by atoms with Crippen LogP contribution in [-0.2, 0) is 17.8 Å². The first-order valence-corrected chi connectivity index (χ1v) is 13.0. The fourth-order valence-corrected chi connectivity index (χ4v) is 7.64. The summed E-state index contributed by atoms with van der Waals surface area (Å²) in [5.41, 5.74) is 3.95. The Kier molecular flexibility index (Phi) is 5.31. The summed E-state index contributed by atoms with van der Waals surface area (Å²) in [7, 11) is 0. The van der Waals surface area contributed by atoms with E-state index in [1.54, 1.807) is 0 Å². The molecule has 2 aromatic carbocycles. The van der Waals surface area contributed by atoms with Crippen LogP contribution in [0.25, 0.3) is 10.9 Å². The van der Waals surface area contributed by atoms with Crippen molar-refractivity contribution in [2.24, 2.45) is 23.2 Å². The summed E-state index contributed by atoms with van der Waals surface area (Å²) in [6.45, 7) is 3.08. The summed E-state index contributed by atoms with van der Waals surface area (Å²) in [6, 6.07) is 19.6. The van der Waals surface area contributed by atoms with Crippen LogP contribution in [0, 0.1) is 23.2 Å². The molecular formula is C30H36N2O. The van der Waals surface area contributed by atoms with E-state index in [0.717, 1.165) is 56.4 Å². The van der Waals surface area contributed by atoms with Crippen molar-refractivity contribution < 1.29 is 4.79 Å². The molecule has 4 bridgehead atoms. The molecule has 4 saturated carbocycles. The second-order valence-corrected chi connectivity index (χ2v) is 11.4. The first kappa shape index (κ1) is 21.0. The Morgan fingerprint density at radius 3 is 2.30 bits per heavy atom. The normalized spacial score (nSPS) is 28.8. The molecule has 4 fully saturated rings. The zero-order chi connectivity index (χ0) is 22.4. The van der Waals surface area contributed by atoms with Crippen LogP contribution in [-0.4, -0.2) is 16.5 Å². The highest BCUT2D eigenvalue weighted by Gasteiger charge is 2.54. The van der Waals surface area contributed by atoms with E-state index < -0.39 is 0 Å². The number of para-hydroxylation sites is 1. The van der Waals surface area contributed by atoms with Crippen LogP contribution in [0.3, 0.4) is 0 Å². The molecular weight excluding hydrogens is 404 g/mol. The maximum Gasteiger partial charge on any atom is 0.226 e. The molecule has 4 aliphatic rings. The number of carbonyl (C=O) groups excluding carboxylic acids is 1. The van der Waals surface area contributed by atoms with Gasteiger partial charge in [-0.1, -0.05) is 48.5 Å².